The van der Waals surface area contributed by atoms with E-state index in [0.29, 0.717) is 34.8 Å². The number of carbonyl (C=O) groups excluding carboxylic acids is 1. The number of anilines is 1. The largest absolute Gasteiger partial charge is 0.493 e. The molecule has 0 amide bonds. The number of hydrogen-bond donors (Lipinski definition) is 1. The zero-order chi connectivity index (χ0) is 24.9. The highest BCUT2D eigenvalue weighted by Gasteiger charge is 2.33. The van der Waals surface area contributed by atoms with Crippen LogP contribution in [0.3, 0.4) is 0 Å². The van der Waals surface area contributed by atoms with Crippen LogP contribution in [-0.2, 0) is 11.4 Å². The molecule has 8 heteroatoms. The van der Waals surface area contributed by atoms with Gasteiger partial charge in [0.1, 0.15) is 12.6 Å². The number of Topliss-reactive ketones (excluding diaryl/α,β-unsaturated/α-hetero) is 1. The van der Waals surface area contributed by atoms with Gasteiger partial charge in [-0.05, 0) is 50.5 Å². The van der Waals surface area contributed by atoms with Crippen molar-refractivity contribution in [1.29, 1.82) is 0 Å². The van der Waals surface area contributed by atoms with E-state index in [-0.39, 0.29) is 5.78 Å². The molecular formula is C27H32N4O3S. The first kappa shape index (κ1) is 24.9. The van der Waals surface area contributed by atoms with Gasteiger partial charge in [-0.15, -0.1) is 5.10 Å². The molecule has 1 aliphatic rings. The predicted octanol–water partition coefficient (Wildman–Crippen LogP) is 5.94. The third-order valence-corrected chi connectivity index (χ3v) is 6.88. The van der Waals surface area contributed by atoms with Gasteiger partial charge in [-0.2, -0.15) is 4.98 Å². The summed E-state index contributed by atoms with van der Waals surface area (Å²) in [4.78, 5) is 17.4. The summed E-state index contributed by atoms with van der Waals surface area (Å²) in [6, 6.07) is 13.6. The monoisotopic (exact) mass is 492 g/mol. The van der Waals surface area contributed by atoms with Crippen molar-refractivity contribution in [1.82, 2.24) is 14.8 Å². The fraction of sp³-hybridized carbons (Fsp3) is 0.370. The normalized spacial score (nSPS) is 14.9. The molecule has 0 aliphatic carbocycles. The molecule has 0 fully saturated rings. The minimum absolute atomic E-state index is 0.0139. The highest BCUT2D eigenvalue weighted by Crippen LogP contribution is 2.39. The Morgan fingerprint density at radius 1 is 1.14 bits per heavy atom. The number of ketones is 1. The van der Waals surface area contributed by atoms with E-state index in [2.05, 4.69) is 48.4 Å². The number of thioether (sulfide) groups is 1. The Morgan fingerprint density at radius 3 is 2.60 bits per heavy atom. The molecule has 35 heavy (non-hydrogen) atoms. The zero-order valence-electron chi connectivity index (χ0n) is 20.9. The summed E-state index contributed by atoms with van der Waals surface area (Å²) in [7, 11) is 1.62. The lowest BCUT2D eigenvalue weighted by Crippen LogP contribution is -2.27. The average molecular weight is 493 g/mol. The summed E-state index contributed by atoms with van der Waals surface area (Å²) in [6.45, 7) is 8.15. The second-order valence-electron chi connectivity index (χ2n) is 8.67. The molecule has 2 aromatic carbocycles. The zero-order valence-corrected chi connectivity index (χ0v) is 21.7. The van der Waals surface area contributed by atoms with Crippen molar-refractivity contribution in [2.75, 3.05) is 18.2 Å². The molecule has 7 nitrogen and oxygen atoms in total. The molecule has 184 valence electrons. The smallest absolute Gasteiger partial charge is 0.227 e. The van der Waals surface area contributed by atoms with Crippen LogP contribution in [0.2, 0.25) is 0 Å². The highest BCUT2D eigenvalue weighted by molar-refractivity contribution is 7.99. The Labute approximate surface area is 210 Å². The SMILES string of the molecule is CCCCSc1nc2n(n1)C(c1ccc(OCc3ccc(C)cc3)c(OC)c1)C(C(C)=O)=C(C)N2. The summed E-state index contributed by atoms with van der Waals surface area (Å²) in [6.07, 6.45) is 2.22. The summed E-state index contributed by atoms with van der Waals surface area (Å²) >= 11 is 1.63. The van der Waals surface area contributed by atoms with Gasteiger partial charge in [0.2, 0.25) is 11.1 Å². The van der Waals surface area contributed by atoms with Crippen LogP contribution in [0.5, 0.6) is 11.5 Å². The van der Waals surface area contributed by atoms with Crippen LogP contribution in [0.4, 0.5) is 5.95 Å². The molecule has 0 saturated heterocycles. The number of ether oxygens (including phenoxy) is 2. The lowest BCUT2D eigenvalue weighted by atomic mass is 9.93. The van der Waals surface area contributed by atoms with E-state index in [4.69, 9.17) is 14.6 Å². The molecule has 1 aliphatic heterocycles. The molecule has 0 radical (unpaired) electrons. The lowest BCUT2D eigenvalue weighted by Gasteiger charge is -2.28. The van der Waals surface area contributed by atoms with Crippen molar-refractivity contribution in [2.24, 2.45) is 0 Å². The second-order valence-corrected chi connectivity index (χ2v) is 9.73. The maximum Gasteiger partial charge on any atom is 0.227 e. The number of aromatic nitrogens is 3. The van der Waals surface area contributed by atoms with Crippen LogP contribution >= 0.6 is 11.8 Å². The Balaban J connectivity index is 1.66. The molecule has 1 unspecified atom stereocenters. The minimum Gasteiger partial charge on any atom is -0.493 e. The summed E-state index contributed by atoms with van der Waals surface area (Å²) in [5, 5.41) is 8.72. The van der Waals surface area contributed by atoms with E-state index in [1.807, 2.05) is 25.1 Å². The van der Waals surface area contributed by atoms with Gasteiger partial charge in [-0.25, -0.2) is 4.68 Å². The fourth-order valence-electron chi connectivity index (χ4n) is 4.08. The van der Waals surface area contributed by atoms with Crippen LogP contribution in [-0.4, -0.2) is 33.4 Å². The predicted molar refractivity (Wildman–Crippen MR) is 139 cm³/mol. The molecule has 0 bridgehead atoms. The number of unbranched alkanes of at least 4 members (excludes halogenated alkanes) is 1. The van der Waals surface area contributed by atoms with Crippen molar-refractivity contribution >= 4 is 23.5 Å². The molecule has 2 heterocycles. The van der Waals surface area contributed by atoms with Crippen LogP contribution < -0.4 is 14.8 Å². The number of carbonyl (C=O) groups is 1. The van der Waals surface area contributed by atoms with Crippen molar-refractivity contribution in [2.45, 2.75) is 58.3 Å². The van der Waals surface area contributed by atoms with E-state index in [0.717, 1.165) is 35.4 Å². The number of nitrogens with one attached hydrogen (secondary N) is 1. The van der Waals surface area contributed by atoms with E-state index in [1.165, 1.54) is 5.56 Å². The van der Waals surface area contributed by atoms with Gasteiger partial charge in [0.05, 0.1) is 7.11 Å². The van der Waals surface area contributed by atoms with E-state index >= 15 is 0 Å². The van der Waals surface area contributed by atoms with Crippen LogP contribution in [0, 0.1) is 6.92 Å². The van der Waals surface area contributed by atoms with Gasteiger partial charge in [-0.1, -0.05) is 61.0 Å². The molecule has 0 spiro atoms. The number of allylic oxidation sites excluding steroid dienone is 2. The maximum atomic E-state index is 12.7. The van der Waals surface area contributed by atoms with Gasteiger partial charge in [0, 0.05) is 17.0 Å². The third kappa shape index (κ3) is 5.53. The van der Waals surface area contributed by atoms with Gasteiger partial charge < -0.3 is 14.8 Å². The number of nitrogens with zero attached hydrogens (tertiary/aromatic N) is 3. The molecule has 1 aromatic heterocycles. The molecule has 4 rings (SSSR count). The number of aryl methyl sites for hydroxylation is 1. The lowest BCUT2D eigenvalue weighted by molar-refractivity contribution is -0.114. The fourth-order valence-corrected chi connectivity index (χ4v) is 5.00. The van der Waals surface area contributed by atoms with Crippen molar-refractivity contribution in [3.8, 4) is 11.5 Å². The van der Waals surface area contributed by atoms with E-state index in [9.17, 15) is 4.79 Å². The summed E-state index contributed by atoms with van der Waals surface area (Å²) < 4.78 is 13.5. The van der Waals surface area contributed by atoms with Crippen molar-refractivity contribution in [3.05, 3.63) is 70.4 Å². The standard InChI is InChI=1S/C27H32N4O3S/c1-6-7-14-35-27-29-26-28-18(3)24(19(4)32)25(31(26)30-27)21-12-13-22(23(15-21)33-5)34-16-20-10-8-17(2)9-11-20/h8-13,15,25H,6-7,14,16H2,1-5H3,(H,28,29,30). The molecule has 3 aromatic rings. The van der Waals surface area contributed by atoms with Crippen LogP contribution in [0.25, 0.3) is 0 Å². The maximum absolute atomic E-state index is 12.7. The first-order valence-corrected chi connectivity index (χ1v) is 12.8. The van der Waals surface area contributed by atoms with E-state index in [1.54, 1.807) is 30.5 Å². The van der Waals surface area contributed by atoms with Gasteiger partial charge in [-0.3, -0.25) is 4.79 Å². The van der Waals surface area contributed by atoms with Crippen LogP contribution in [0.15, 0.2) is 58.9 Å². The first-order chi connectivity index (χ1) is 16.9. The Kier molecular flexibility index (Phi) is 7.80. The van der Waals surface area contributed by atoms with Gasteiger partial charge in [0.25, 0.3) is 0 Å². The molecule has 1 atom stereocenters. The second kappa shape index (κ2) is 11.0. The van der Waals surface area contributed by atoms with E-state index < -0.39 is 6.04 Å². The number of hydrogen-bond acceptors (Lipinski definition) is 7. The average Bonchev–Trinajstić information content (AvgIpc) is 3.25. The molecular weight excluding hydrogens is 460 g/mol. The van der Waals surface area contributed by atoms with Crippen LogP contribution in [0.1, 0.15) is 56.3 Å². The third-order valence-electron chi connectivity index (χ3n) is 5.96. The van der Waals surface area contributed by atoms with Gasteiger partial charge in [0.15, 0.2) is 17.3 Å². The first-order valence-electron chi connectivity index (χ1n) is 11.9. The van der Waals surface area contributed by atoms with Gasteiger partial charge >= 0.3 is 0 Å². The Morgan fingerprint density at radius 2 is 1.91 bits per heavy atom. The number of methoxy groups -OCH3 is 1. The van der Waals surface area contributed by atoms with Crippen molar-refractivity contribution in [3.63, 3.8) is 0 Å². The summed E-state index contributed by atoms with van der Waals surface area (Å²) in [5.41, 5.74) is 4.61. The molecule has 1 N–H and O–H groups in total. The number of fused-ring (bicyclic) bond motifs is 1. The summed E-state index contributed by atoms with van der Waals surface area (Å²) in [5.74, 6) is 2.82. The molecule has 0 saturated carbocycles. The minimum atomic E-state index is -0.406. The van der Waals surface area contributed by atoms with Crippen molar-refractivity contribution < 1.29 is 14.3 Å². The topological polar surface area (TPSA) is 78.3 Å². The Bertz CT molecular complexity index is 1230. The highest BCUT2D eigenvalue weighted by atomic mass is 32.2. The quantitative estimate of drug-likeness (QED) is 0.277. The number of rotatable bonds is 10. The Hall–Kier alpha value is -3.26. The number of benzene rings is 2.